The van der Waals surface area contributed by atoms with E-state index in [2.05, 4.69) is 29.5 Å². The Hall–Kier alpha value is -1.62. The second-order valence-electron chi connectivity index (χ2n) is 6.63. The number of hydrogen-bond acceptors (Lipinski definition) is 2. The predicted octanol–water partition coefficient (Wildman–Crippen LogP) is 3.52. The molecule has 0 bridgehead atoms. The van der Waals surface area contributed by atoms with Gasteiger partial charge in [0.2, 0.25) is 0 Å². The van der Waals surface area contributed by atoms with Gasteiger partial charge in [-0.25, -0.2) is 4.39 Å². The zero-order valence-corrected chi connectivity index (χ0v) is 15.8. The van der Waals surface area contributed by atoms with Crippen LogP contribution in [0.2, 0.25) is 0 Å². The van der Waals surface area contributed by atoms with Gasteiger partial charge in [0.15, 0.2) is 5.96 Å². The van der Waals surface area contributed by atoms with Gasteiger partial charge in [0.1, 0.15) is 5.82 Å². The highest BCUT2D eigenvalue weighted by atomic mass is 19.1. The van der Waals surface area contributed by atoms with Crippen LogP contribution in [0.4, 0.5) is 4.39 Å². The Morgan fingerprint density at radius 2 is 2.04 bits per heavy atom. The van der Waals surface area contributed by atoms with Crippen molar-refractivity contribution in [3.05, 3.63) is 35.1 Å². The molecule has 1 unspecified atom stereocenters. The molecular weight excluding hydrogens is 303 g/mol. The van der Waals surface area contributed by atoms with Crippen molar-refractivity contribution >= 4 is 5.96 Å². The number of hydrogen-bond donors (Lipinski definition) is 2. The van der Waals surface area contributed by atoms with E-state index in [4.69, 9.17) is 0 Å². The number of unbranched alkanes of at least 4 members (excludes halogenated alkanes) is 2. The molecule has 0 aliphatic heterocycles. The van der Waals surface area contributed by atoms with Gasteiger partial charge in [0, 0.05) is 31.7 Å². The van der Waals surface area contributed by atoms with Crippen molar-refractivity contribution in [3.8, 4) is 0 Å². The van der Waals surface area contributed by atoms with E-state index in [0.29, 0.717) is 19.1 Å². The van der Waals surface area contributed by atoms with Gasteiger partial charge in [-0.3, -0.25) is 4.99 Å². The van der Waals surface area contributed by atoms with Gasteiger partial charge in [-0.2, -0.15) is 0 Å². The SMILES string of the molecule is CCCCCC(C)NC(=NC)NCc1ccc(F)c(CN(C)C)c1. The summed E-state index contributed by atoms with van der Waals surface area (Å²) in [4.78, 5) is 6.24. The molecule has 0 spiro atoms. The van der Waals surface area contributed by atoms with E-state index >= 15 is 0 Å². The average Bonchev–Trinajstić information content (AvgIpc) is 2.54. The second kappa shape index (κ2) is 11.0. The summed E-state index contributed by atoms with van der Waals surface area (Å²) >= 11 is 0. The first-order chi connectivity index (χ1) is 11.5. The van der Waals surface area contributed by atoms with Gasteiger partial charge in [0.25, 0.3) is 0 Å². The zero-order chi connectivity index (χ0) is 17.9. The molecule has 136 valence electrons. The summed E-state index contributed by atoms with van der Waals surface area (Å²) in [5.74, 6) is 0.636. The van der Waals surface area contributed by atoms with Gasteiger partial charge in [-0.05, 0) is 45.1 Å². The Labute approximate surface area is 146 Å². The molecule has 4 nitrogen and oxygen atoms in total. The van der Waals surface area contributed by atoms with E-state index in [0.717, 1.165) is 23.5 Å². The Kier molecular flexibility index (Phi) is 9.38. The van der Waals surface area contributed by atoms with Gasteiger partial charge < -0.3 is 15.5 Å². The quantitative estimate of drug-likeness (QED) is 0.412. The molecule has 0 fully saturated rings. The maximum absolute atomic E-state index is 13.8. The minimum Gasteiger partial charge on any atom is -0.354 e. The van der Waals surface area contributed by atoms with Crippen molar-refractivity contribution in [3.63, 3.8) is 0 Å². The predicted molar refractivity (Wildman–Crippen MR) is 101 cm³/mol. The Morgan fingerprint density at radius 1 is 1.29 bits per heavy atom. The lowest BCUT2D eigenvalue weighted by atomic mass is 10.1. The molecule has 1 rings (SSSR count). The number of nitrogens with one attached hydrogen (secondary N) is 2. The molecule has 0 saturated carbocycles. The van der Waals surface area contributed by atoms with E-state index in [1.54, 1.807) is 13.1 Å². The smallest absolute Gasteiger partial charge is 0.191 e. The van der Waals surface area contributed by atoms with Crippen molar-refractivity contribution in [2.45, 2.75) is 58.7 Å². The highest BCUT2D eigenvalue weighted by molar-refractivity contribution is 5.79. The van der Waals surface area contributed by atoms with Crippen molar-refractivity contribution < 1.29 is 4.39 Å². The molecule has 24 heavy (non-hydrogen) atoms. The van der Waals surface area contributed by atoms with E-state index in [9.17, 15) is 4.39 Å². The third kappa shape index (κ3) is 7.77. The van der Waals surface area contributed by atoms with Crippen LogP contribution >= 0.6 is 0 Å². The first-order valence-electron chi connectivity index (χ1n) is 8.85. The average molecular weight is 336 g/mol. The molecule has 1 aromatic rings. The van der Waals surface area contributed by atoms with Crippen LogP contribution in [0.1, 0.15) is 50.7 Å². The number of halogens is 1. The third-order valence-corrected chi connectivity index (χ3v) is 3.90. The summed E-state index contributed by atoms with van der Waals surface area (Å²) in [6.45, 7) is 5.62. The van der Waals surface area contributed by atoms with Crippen molar-refractivity contribution in [2.75, 3.05) is 21.1 Å². The normalized spacial score (nSPS) is 13.2. The zero-order valence-electron chi connectivity index (χ0n) is 15.8. The molecule has 0 heterocycles. The van der Waals surface area contributed by atoms with Crippen molar-refractivity contribution in [1.29, 1.82) is 0 Å². The molecule has 0 amide bonds. The van der Waals surface area contributed by atoms with Gasteiger partial charge in [-0.1, -0.05) is 32.3 Å². The fraction of sp³-hybridized carbons (Fsp3) is 0.632. The summed E-state index contributed by atoms with van der Waals surface area (Å²) in [5, 5.41) is 6.72. The van der Waals surface area contributed by atoms with Crippen LogP contribution in [0, 0.1) is 5.82 Å². The summed E-state index contributed by atoms with van der Waals surface area (Å²) < 4.78 is 13.8. The van der Waals surface area contributed by atoms with Crippen LogP contribution < -0.4 is 10.6 Å². The number of aliphatic imine (C=N–C) groups is 1. The van der Waals surface area contributed by atoms with Crippen LogP contribution in [-0.4, -0.2) is 38.0 Å². The molecule has 0 radical (unpaired) electrons. The number of benzene rings is 1. The number of guanidine groups is 1. The molecule has 0 saturated heterocycles. The standard InChI is InChI=1S/C19H33FN4/c1-6-7-8-9-15(2)23-19(21-3)22-13-16-10-11-18(20)17(12-16)14-24(4)5/h10-12,15H,6-9,13-14H2,1-5H3,(H2,21,22,23). The van der Waals surface area contributed by atoms with Crippen molar-refractivity contribution in [2.24, 2.45) is 4.99 Å². The Balaban J connectivity index is 2.54. The topological polar surface area (TPSA) is 39.7 Å². The largest absolute Gasteiger partial charge is 0.354 e. The van der Waals surface area contributed by atoms with E-state index in [1.165, 1.54) is 19.3 Å². The maximum Gasteiger partial charge on any atom is 0.191 e. The number of rotatable bonds is 9. The third-order valence-electron chi connectivity index (χ3n) is 3.90. The van der Waals surface area contributed by atoms with Gasteiger partial charge in [-0.15, -0.1) is 0 Å². The van der Waals surface area contributed by atoms with Crippen molar-refractivity contribution in [1.82, 2.24) is 15.5 Å². The molecule has 0 aromatic heterocycles. The molecular formula is C19H33FN4. The molecule has 2 N–H and O–H groups in total. The lowest BCUT2D eigenvalue weighted by Gasteiger charge is -2.18. The first kappa shape index (κ1) is 20.4. The molecule has 1 atom stereocenters. The summed E-state index contributed by atoms with van der Waals surface area (Å²) in [6, 6.07) is 5.67. The summed E-state index contributed by atoms with van der Waals surface area (Å²) in [6.07, 6.45) is 4.87. The highest BCUT2D eigenvalue weighted by Gasteiger charge is 2.07. The van der Waals surface area contributed by atoms with Crippen LogP contribution in [0.3, 0.4) is 0 Å². The molecule has 0 aliphatic carbocycles. The van der Waals surface area contributed by atoms with Crippen LogP contribution in [0.15, 0.2) is 23.2 Å². The van der Waals surface area contributed by atoms with Gasteiger partial charge >= 0.3 is 0 Å². The van der Waals surface area contributed by atoms with Crippen LogP contribution in [0.5, 0.6) is 0 Å². The Bertz CT molecular complexity index is 514. The minimum atomic E-state index is -0.153. The Morgan fingerprint density at radius 3 is 2.67 bits per heavy atom. The maximum atomic E-state index is 13.8. The van der Waals surface area contributed by atoms with E-state index < -0.39 is 0 Å². The van der Waals surface area contributed by atoms with Crippen LogP contribution in [0.25, 0.3) is 0 Å². The molecule has 5 heteroatoms. The van der Waals surface area contributed by atoms with Gasteiger partial charge in [0.05, 0.1) is 0 Å². The highest BCUT2D eigenvalue weighted by Crippen LogP contribution is 2.12. The fourth-order valence-electron chi connectivity index (χ4n) is 2.59. The summed E-state index contributed by atoms with van der Waals surface area (Å²) in [7, 11) is 5.66. The molecule has 0 aliphatic rings. The van der Waals surface area contributed by atoms with E-state index in [1.807, 2.05) is 31.1 Å². The monoisotopic (exact) mass is 336 g/mol. The summed E-state index contributed by atoms with van der Waals surface area (Å²) in [5.41, 5.74) is 1.77. The fourth-order valence-corrected chi connectivity index (χ4v) is 2.59. The van der Waals surface area contributed by atoms with E-state index in [-0.39, 0.29) is 5.82 Å². The molecule has 1 aromatic carbocycles. The number of nitrogens with zero attached hydrogens (tertiary/aromatic N) is 2. The second-order valence-corrected chi connectivity index (χ2v) is 6.63. The lowest BCUT2D eigenvalue weighted by Crippen LogP contribution is -2.41. The first-order valence-corrected chi connectivity index (χ1v) is 8.85. The lowest BCUT2D eigenvalue weighted by molar-refractivity contribution is 0.392. The minimum absolute atomic E-state index is 0.153. The van der Waals surface area contributed by atoms with Crippen LogP contribution in [-0.2, 0) is 13.1 Å².